The van der Waals surface area contributed by atoms with E-state index in [-0.39, 0.29) is 5.91 Å². The van der Waals surface area contributed by atoms with Crippen LogP contribution >= 0.6 is 0 Å². The first-order valence-electron chi connectivity index (χ1n) is 7.35. The highest BCUT2D eigenvalue weighted by Gasteiger charge is 2.29. The molecule has 0 atom stereocenters. The van der Waals surface area contributed by atoms with Crippen LogP contribution in [0.25, 0.3) is 5.70 Å². The van der Waals surface area contributed by atoms with Crippen LogP contribution in [0.15, 0.2) is 41.7 Å². The molecule has 2 aliphatic rings. The van der Waals surface area contributed by atoms with Gasteiger partial charge in [-0.1, -0.05) is 12.1 Å². The SMILES string of the molecule is O=C1c2cn(C3=CCCN=C3)nc2CCN1c1ccccn1. The molecule has 1 amide bonds. The van der Waals surface area contributed by atoms with Crippen LogP contribution in [0.2, 0.25) is 0 Å². The number of carbonyl (C=O) groups is 1. The van der Waals surface area contributed by atoms with Crippen molar-refractivity contribution in [3.05, 3.63) is 47.9 Å². The van der Waals surface area contributed by atoms with Crippen LogP contribution in [0.1, 0.15) is 22.5 Å². The summed E-state index contributed by atoms with van der Waals surface area (Å²) in [4.78, 5) is 22.9. The first-order valence-corrected chi connectivity index (χ1v) is 7.35. The Morgan fingerprint density at radius 1 is 1.23 bits per heavy atom. The second kappa shape index (κ2) is 5.22. The molecule has 4 rings (SSSR count). The van der Waals surface area contributed by atoms with Gasteiger partial charge in [0.2, 0.25) is 0 Å². The fraction of sp³-hybridized carbons (Fsp3) is 0.250. The third-order valence-electron chi connectivity index (χ3n) is 3.86. The van der Waals surface area contributed by atoms with Crippen molar-refractivity contribution in [2.24, 2.45) is 4.99 Å². The van der Waals surface area contributed by atoms with Crippen LogP contribution in [0.4, 0.5) is 5.82 Å². The number of amides is 1. The van der Waals surface area contributed by atoms with E-state index < -0.39 is 0 Å². The van der Waals surface area contributed by atoms with Crippen molar-refractivity contribution in [3.63, 3.8) is 0 Å². The Morgan fingerprint density at radius 3 is 2.95 bits per heavy atom. The summed E-state index contributed by atoms with van der Waals surface area (Å²) in [6, 6.07) is 5.58. The molecule has 6 heteroatoms. The minimum absolute atomic E-state index is 0.0421. The summed E-state index contributed by atoms with van der Waals surface area (Å²) in [5, 5.41) is 4.54. The lowest BCUT2D eigenvalue weighted by atomic mass is 10.1. The van der Waals surface area contributed by atoms with Gasteiger partial charge in [0.1, 0.15) is 5.82 Å². The van der Waals surface area contributed by atoms with Crippen molar-refractivity contribution in [1.82, 2.24) is 14.8 Å². The summed E-state index contributed by atoms with van der Waals surface area (Å²) in [7, 11) is 0. The summed E-state index contributed by atoms with van der Waals surface area (Å²) in [5.41, 5.74) is 2.42. The van der Waals surface area contributed by atoms with Gasteiger partial charge in [0.25, 0.3) is 5.91 Å². The Morgan fingerprint density at radius 2 is 2.18 bits per heavy atom. The first kappa shape index (κ1) is 12.9. The number of hydrogen-bond acceptors (Lipinski definition) is 4. The van der Waals surface area contributed by atoms with Crippen molar-refractivity contribution >= 4 is 23.6 Å². The lowest BCUT2D eigenvalue weighted by molar-refractivity contribution is 0.0980. The molecule has 2 aliphatic heterocycles. The molecule has 4 heterocycles. The van der Waals surface area contributed by atoms with Gasteiger partial charge >= 0.3 is 0 Å². The molecular formula is C16H15N5O. The Hall–Kier alpha value is -2.76. The quantitative estimate of drug-likeness (QED) is 0.848. The van der Waals surface area contributed by atoms with Gasteiger partial charge in [0.15, 0.2) is 0 Å². The number of carbonyl (C=O) groups excluding carboxylic acids is 1. The molecule has 0 unspecified atom stereocenters. The predicted molar refractivity (Wildman–Crippen MR) is 84.1 cm³/mol. The smallest absolute Gasteiger partial charge is 0.262 e. The van der Waals surface area contributed by atoms with E-state index in [1.807, 2.05) is 24.4 Å². The summed E-state index contributed by atoms with van der Waals surface area (Å²) in [6.45, 7) is 1.42. The zero-order chi connectivity index (χ0) is 14.9. The number of anilines is 1. The van der Waals surface area contributed by atoms with Gasteiger partial charge in [-0.3, -0.25) is 14.7 Å². The summed E-state index contributed by atoms with van der Waals surface area (Å²) in [6.07, 6.45) is 9.04. The van der Waals surface area contributed by atoms with E-state index in [9.17, 15) is 4.79 Å². The molecule has 0 aliphatic carbocycles. The largest absolute Gasteiger partial charge is 0.292 e. The first-order chi connectivity index (χ1) is 10.8. The van der Waals surface area contributed by atoms with Gasteiger partial charge in [-0.05, 0) is 18.6 Å². The standard InChI is InChI=1S/C16H15N5O/c22-16-13-11-21(12-4-3-7-17-10-12)19-14(13)6-9-20(16)15-5-1-2-8-18-15/h1-2,4-5,8,10-11H,3,6-7,9H2. The van der Waals surface area contributed by atoms with E-state index in [1.165, 1.54) is 0 Å². The Kier molecular flexibility index (Phi) is 3.07. The Bertz CT molecular complexity index is 775. The number of fused-ring (bicyclic) bond motifs is 1. The summed E-state index contributed by atoms with van der Waals surface area (Å²) in [5.74, 6) is 0.642. The normalized spacial score (nSPS) is 17.4. The maximum Gasteiger partial charge on any atom is 0.262 e. The Labute approximate surface area is 127 Å². The van der Waals surface area contributed by atoms with Crippen molar-refractivity contribution < 1.29 is 4.79 Å². The fourth-order valence-corrected chi connectivity index (χ4v) is 2.75. The number of pyridine rings is 1. The van der Waals surface area contributed by atoms with Crippen LogP contribution < -0.4 is 4.90 Å². The van der Waals surface area contributed by atoms with E-state index in [1.54, 1.807) is 22.0 Å². The molecule has 0 spiro atoms. The van der Waals surface area contributed by atoms with Gasteiger partial charge in [-0.2, -0.15) is 5.10 Å². The zero-order valence-electron chi connectivity index (χ0n) is 12.0. The van der Waals surface area contributed by atoms with Crippen molar-refractivity contribution in [2.75, 3.05) is 18.0 Å². The lowest BCUT2D eigenvalue weighted by Crippen LogP contribution is -2.37. The van der Waals surface area contributed by atoms with Crippen molar-refractivity contribution in [2.45, 2.75) is 12.8 Å². The maximum absolute atomic E-state index is 12.7. The van der Waals surface area contributed by atoms with Gasteiger partial charge in [0.05, 0.1) is 17.0 Å². The van der Waals surface area contributed by atoms with E-state index >= 15 is 0 Å². The minimum Gasteiger partial charge on any atom is -0.292 e. The monoisotopic (exact) mass is 293 g/mol. The number of aromatic nitrogens is 3. The average molecular weight is 293 g/mol. The summed E-state index contributed by atoms with van der Waals surface area (Å²) < 4.78 is 1.76. The predicted octanol–water partition coefficient (Wildman–Crippen LogP) is 1.80. The zero-order valence-corrected chi connectivity index (χ0v) is 12.0. The van der Waals surface area contributed by atoms with Crippen LogP contribution in [0.3, 0.4) is 0 Å². The Balaban J connectivity index is 1.68. The minimum atomic E-state index is -0.0421. The van der Waals surface area contributed by atoms with Gasteiger partial charge in [-0.15, -0.1) is 0 Å². The summed E-state index contributed by atoms with van der Waals surface area (Å²) >= 11 is 0. The lowest BCUT2D eigenvalue weighted by Gasteiger charge is -2.24. The van der Waals surface area contributed by atoms with Crippen LogP contribution in [-0.2, 0) is 6.42 Å². The molecule has 2 aromatic rings. The van der Waals surface area contributed by atoms with Crippen molar-refractivity contribution in [1.29, 1.82) is 0 Å². The molecule has 0 radical (unpaired) electrons. The topological polar surface area (TPSA) is 63.4 Å². The molecule has 6 nitrogen and oxygen atoms in total. The maximum atomic E-state index is 12.7. The fourth-order valence-electron chi connectivity index (χ4n) is 2.75. The van der Waals surface area contributed by atoms with Gasteiger partial charge in [-0.25, -0.2) is 9.67 Å². The molecule has 0 fully saturated rings. The third kappa shape index (κ3) is 2.13. The molecule has 0 bridgehead atoms. The van der Waals surface area contributed by atoms with Crippen LogP contribution in [0.5, 0.6) is 0 Å². The third-order valence-corrected chi connectivity index (χ3v) is 3.86. The van der Waals surface area contributed by atoms with E-state index in [2.05, 4.69) is 21.2 Å². The number of rotatable bonds is 2. The van der Waals surface area contributed by atoms with Crippen molar-refractivity contribution in [3.8, 4) is 0 Å². The number of aliphatic imine (C=N–C) groups is 1. The number of hydrogen-bond donors (Lipinski definition) is 0. The highest BCUT2D eigenvalue weighted by Crippen LogP contribution is 2.23. The van der Waals surface area contributed by atoms with Crippen LogP contribution in [0, 0.1) is 0 Å². The van der Waals surface area contributed by atoms with E-state index in [4.69, 9.17) is 0 Å². The van der Waals surface area contributed by atoms with E-state index in [0.29, 0.717) is 17.9 Å². The second-order valence-corrected chi connectivity index (χ2v) is 5.28. The molecule has 110 valence electrons. The molecule has 0 saturated heterocycles. The molecule has 2 aromatic heterocycles. The molecule has 0 aromatic carbocycles. The second-order valence-electron chi connectivity index (χ2n) is 5.28. The molecule has 0 saturated carbocycles. The number of allylic oxidation sites excluding steroid dienone is 1. The van der Waals surface area contributed by atoms with Gasteiger partial charge in [0, 0.05) is 38.1 Å². The highest BCUT2D eigenvalue weighted by molar-refractivity contribution is 6.08. The number of nitrogens with zero attached hydrogens (tertiary/aromatic N) is 5. The van der Waals surface area contributed by atoms with E-state index in [0.717, 1.165) is 30.8 Å². The van der Waals surface area contributed by atoms with Crippen LogP contribution in [-0.4, -0.2) is 40.0 Å². The molecule has 22 heavy (non-hydrogen) atoms. The molecular weight excluding hydrogens is 278 g/mol. The highest BCUT2D eigenvalue weighted by atomic mass is 16.2. The average Bonchev–Trinajstić information content (AvgIpc) is 3.02. The number of dihydropyridines is 1. The molecule has 0 N–H and O–H groups in total. The van der Waals surface area contributed by atoms with Gasteiger partial charge < -0.3 is 0 Å².